The maximum atomic E-state index is 13.0. The van der Waals surface area contributed by atoms with Gasteiger partial charge in [-0.05, 0) is 37.1 Å². The second kappa shape index (κ2) is 2.65. The van der Waals surface area contributed by atoms with E-state index in [1.54, 1.807) is 0 Å². The van der Waals surface area contributed by atoms with E-state index >= 15 is 0 Å². The van der Waals surface area contributed by atoms with E-state index in [-0.39, 0.29) is 5.66 Å². The van der Waals surface area contributed by atoms with Crippen LogP contribution in [-0.4, -0.2) is 26.6 Å². The predicted molar refractivity (Wildman–Crippen MR) is 58.0 cm³/mol. The van der Waals surface area contributed by atoms with Gasteiger partial charge in [0, 0.05) is 5.66 Å². The Morgan fingerprint density at radius 2 is 1.40 bits per heavy atom. The number of hydrogen-bond acceptors (Lipinski definition) is 3. The summed E-state index contributed by atoms with van der Waals surface area (Å²) in [6.07, 6.45) is 9.87. The van der Waals surface area contributed by atoms with Crippen LogP contribution in [0.15, 0.2) is 24.3 Å². The molecule has 2 bridgehead atoms. The molecule has 0 atom stereocenters. The summed E-state index contributed by atoms with van der Waals surface area (Å²) in [6.45, 7) is 0. The molecular formula is C11H15O3P. The first-order chi connectivity index (χ1) is 7.02. The summed E-state index contributed by atoms with van der Waals surface area (Å²) in [6, 6.07) is 0. The molecule has 2 aliphatic heterocycles. The van der Waals surface area contributed by atoms with Gasteiger partial charge < -0.3 is 14.8 Å². The van der Waals surface area contributed by atoms with E-state index in [0.717, 1.165) is 25.7 Å². The van der Waals surface area contributed by atoms with Gasteiger partial charge in [0.1, 0.15) is 0 Å². The van der Waals surface area contributed by atoms with E-state index in [1.165, 1.54) is 24.3 Å². The lowest BCUT2D eigenvalue weighted by atomic mass is 10.1. The fraction of sp³-hybridized carbons (Fsp3) is 0.636. The average molecular weight is 226 g/mol. The highest BCUT2D eigenvalue weighted by Crippen LogP contribution is 2.78. The van der Waals surface area contributed by atoms with Crippen molar-refractivity contribution >= 4 is 7.14 Å². The van der Waals surface area contributed by atoms with Crippen molar-refractivity contribution in [3.8, 4) is 0 Å². The van der Waals surface area contributed by atoms with Crippen LogP contribution in [0.3, 0.4) is 0 Å². The van der Waals surface area contributed by atoms with E-state index in [1.807, 2.05) is 0 Å². The summed E-state index contributed by atoms with van der Waals surface area (Å²) >= 11 is 0. The normalized spacial score (nSPS) is 53.2. The molecule has 0 aromatic rings. The third-order valence-electron chi connectivity index (χ3n) is 4.05. The third-order valence-corrected chi connectivity index (χ3v) is 8.32. The van der Waals surface area contributed by atoms with Crippen molar-refractivity contribution < 1.29 is 14.8 Å². The molecule has 3 rings (SSSR count). The van der Waals surface area contributed by atoms with Crippen LogP contribution in [0.4, 0.5) is 0 Å². The zero-order valence-corrected chi connectivity index (χ0v) is 9.36. The summed E-state index contributed by atoms with van der Waals surface area (Å²) in [7, 11) is -3.02. The highest BCUT2D eigenvalue weighted by molar-refractivity contribution is 7.69. The van der Waals surface area contributed by atoms with E-state index < -0.39 is 17.8 Å². The van der Waals surface area contributed by atoms with Crippen molar-refractivity contribution in [1.82, 2.24) is 0 Å². The molecule has 1 saturated carbocycles. The minimum absolute atomic E-state index is 0.0162. The van der Waals surface area contributed by atoms with Crippen LogP contribution < -0.4 is 0 Å². The zero-order chi connectivity index (χ0) is 10.7. The monoisotopic (exact) mass is 226 g/mol. The van der Waals surface area contributed by atoms with Crippen LogP contribution in [0.5, 0.6) is 0 Å². The van der Waals surface area contributed by atoms with Crippen LogP contribution in [0.1, 0.15) is 25.7 Å². The lowest BCUT2D eigenvalue weighted by Gasteiger charge is -2.34. The molecule has 0 aromatic carbocycles. The Bertz CT molecular complexity index is 364. The van der Waals surface area contributed by atoms with Crippen molar-refractivity contribution in [2.24, 2.45) is 0 Å². The van der Waals surface area contributed by atoms with Crippen molar-refractivity contribution in [2.45, 2.75) is 42.0 Å². The first-order valence-electron chi connectivity index (χ1n) is 5.47. The standard InChI is InChI=1S/C11H15O3P/c12-10-5-6-11(13,8-7-10)15(10,14)9-3-1-2-4-9/h5-9,12-13H,1-4H2. The smallest absolute Gasteiger partial charge is 0.166 e. The molecule has 0 unspecified atom stereocenters. The fourth-order valence-electron chi connectivity index (χ4n) is 3.18. The maximum Gasteiger partial charge on any atom is 0.166 e. The molecule has 2 heterocycles. The SMILES string of the molecule is O=P1(C2CCCC2)C2(O)C=CC1(O)C=C2. The van der Waals surface area contributed by atoms with Crippen LogP contribution in [-0.2, 0) is 4.57 Å². The molecule has 4 heteroatoms. The van der Waals surface area contributed by atoms with Gasteiger partial charge in [0.25, 0.3) is 0 Å². The van der Waals surface area contributed by atoms with E-state index in [2.05, 4.69) is 0 Å². The van der Waals surface area contributed by atoms with E-state index in [9.17, 15) is 14.8 Å². The summed E-state index contributed by atoms with van der Waals surface area (Å²) in [4.78, 5) is 0. The Kier molecular flexibility index (Phi) is 1.74. The fourth-order valence-corrected chi connectivity index (χ4v) is 7.20. The number of rotatable bonds is 1. The molecule has 0 radical (unpaired) electrons. The minimum Gasteiger partial charge on any atom is -0.374 e. The lowest BCUT2D eigenvalue weighted by Crippen LogP contribution is -2.30. The van der Waals surface area contributed by atoms with Crippen molar-refractivity contribution in [3.05, 3.63) is 24.3 Å². The second-order valence-corrected chi connectivity index (χ2v) is 8.31. The lowest BCUT2D eigenvalue weighted by molar-refractivity contribution is 0.209. The van der Waals surface area contributed by atoms with Gasteiger partial charge in [-0.15, -0.1) is 0 Å². The Labute approximate surface area is 88.9 Å². The maximum absolute atomic E-state index is 13.0. The summed E-state index contributed by atoms with van der Waals surface area (Å²) in [5.74, 6) is 0. The molecule has 1 fully saturated rings. The summed E-state index contributed by atoms with van der Waals surface area (Å²) in [5, 5.41) is 17.9. The number of hydrogen-bond donors (Lipinski definition) is 2. The molecule has 0 spiro atoms. The zero-order valence-electron chi connectivity index (χ0n) is 8.47. The molecule has 15 heavy (non-hydrogen) atoms. The Morgan fingerprint density at radius 1 is 1.00 bits per heavy atom. The van der Waals surface area contributed by atoms with Gasteiger partial charge in [0.2, 0.25) is 0 Å². The molecule has 0 saturated heterocycles. The Hall–Kier alpha value is -0.370. The molecule has 0 aromatic heterocycles. The molecular weight excluding hydrogens is 211 g/mol. The van der Waals surface area contributed by atoms with E-state index in [0.29, 0.717) is 0 Å². The van der Waals surface area contributed by atoms with E-state index in [4.69, 9.17) is 0 Å². The molecule has 2 N–H and O–H groups in total. The molecule has 3 aliphatic rings. The largest absolute Gasteiger partial charge is 0.374 e. The van der Waals surface area contributed by atoms with Gasteiger partial charge in [-0.2, -0.15) is 0 Å². The quantitative estimate of drug-likeness (QED) is 0.529. The average Bonchev–Trinajstić information content (AvgIpc) is 2.84. The molecule has 82 valence electrons. The Balaban J connectivity index is 2.10. The molecule has 3 nitrogen and oxygen atoms in total. The van der Waals surface area contributed by atoms with Gasteiger partial charge in [-0.3, -0.25) is 0 Å². The predicted octanol–water partition coefficient (Wildman–Crippen LogP) is 1.81. The third kappa shape index (κ3) is 0.926. The highest BCUT2D eigenvalue weighted by Gasteiger charge is 2.66. The van der Waals surface area contributed by atoms with Crippen LogP contribution in [0.2, 0.25) is 0 Å². The molecule has 1 aliphatic carbocycles. The van der Waals surface area contributed by atoms with Gasteiger partial charge in [0.05, 0.1) is 0 Å². The van der Waals surface area contributed by atoms with Crippen molar-refractivity contribution in [1.29, 1.82) is 0 Å². The Morgan fingerprint density at radius 3 is 1.80 bits per heavy atom. The van der Waals surface area contributed by atoms with Gasteiger partial charge in [-0.25, -0.2) is 0 Å². The molecule has 0 amide bonds. The van der Waals surface area contributed by atoms with Crippen molar-refractivity contribution in [3.63, 3.8) is 0 Å². The first kappa shape index (κ1) is 9.83. The van der Waals surface area contributed by atoms with Crippen molar-refractivity contribution in [2.75, 3.05) is 0 Å². The highest BCUT2D eigenvalue weighted by atomic mass is 31.2. The van der Waals surface area contributed by atoms with Gasteiger partial charge in [-0.1, -0.05) is 12.8 Å². The second-order valence-electron chi connectivity index (χ2n) is 4.83. The first-order valence-corrected chi connectivity index (χ1v) is 7.25. The van der Waals surface area contributed by atoms with Crippen LogP contribution in [0, 0.1) is 0 Å². The minimum atomic E-state index is -3.02. The number of fused-ring (bicyclic) bond motifs is 2. The van der Waals surface area contributed by atoms with Crippen LogP contribution >= 0.6 is 7.14 Å². The van der Waals surface area contributed by atoms with Gasteiger partial charge in [0.15, 0.2) is 17.8 Å². The van der Waals surface area contributed by atoms with Gasteiger partial charge >= 0.3 is 0 Å². The number of aliphatic hydroxyl groups is 2. The summed E-state index contributed by atoms with van der Waals surface area (Å²) in [5.41, 5.74) is -0.0162. The van der Waals surface area contributed by atoms with Crippen LogP contribution in [0.25, 0.3) is 0 Å². The summed E-state index contributed by atoms with van der Waals surface area (Å²) < 4.78 is 13.0. The topological polar surface area (TPSA) is 57.5 Å².